The third-order valence-corrected chi connectivity index (χ3v) is 5.67. The molecule has 1 aromatic rings. The van der Waals surface area contributed by atoms with E-state index in [0.717, 1.165) is 31.4 Å². The van der Waals surface area contributed by atoms with Crippen molar-refractivity contribution in [1.82, 2.24) is 5.32 Å². The molecule has 2 heterocycles. The van der Waals surface area contributed by atoms with E-state index in [2.05, 4.69) is 37.4 Å². The van der Waals surface area contributed by atoms with Gasteiger partial charge in [-0.05, 0) is 56.4 Å². The van der Waals surface area contributed by atoms with E-state index >= 15 is 0 Å². The summed E-state index contributed by atoms with van der Waals surface area (Å²) in [5.41, 5.74) is 2.37. The Kier molecular flexibility index (Phi) is 3.83. The van der Waals surface area contributed by atoms with Crippen molar-refractivity contribution in [2.24, 2.45) is 5.92 Å². The van der Waals surface area contributed by atoms with Crippen LogP contribution in [0.1, 0.15) is 63.7 Å². The molecule has 0 unspecified atom stereocenters. The topological polar surface area (TPSA) is 47.6 Å². The molecule has 130 valence electrons. The maximum absolute atomic E-state index is 11.6. The van der Waals surface area contributed by atoms with Gasteiger partial charge in [-0.15, -0.1) is 0 Å². The van der Waals surface area contributed by atoms with Crippen LogP contribution in [0.4, 0.5) is 0 Å². The number of fused-ring (bicyclic) bond motifs is 2. The molecule has 24 heavy (non-hydrogen) atoms. The molecule has 4 heteroatoms. The molecule has 1 N–H and O–H groups in total. The zero-order valence-corrected chi connectivity index (χ0v) is 14.8. The van der Waals surface area contributed by atoms with E-state index in [1.165, 1.54) is 17.5 Å². The Morgan fingerprint density at radius 3 is 2.92 bits per heavy atom. The summed E-state index contributed by atoms with van der Waals surface area (Å²) in [7, 11) is 0. The molecular formula is C20H27NO3. The molecule has 1 amide bonds. The minimum Gasteiger partial charge on any atom is -0.487 e. The highest BCUT2D eigenvalue weighted by Gasteiger charge is 2.42. The summed E-state index contributed by atoms with van der Waals surface area (Å²) < 4.78 is 12.4. The van der Waals surface area contributed by atoms with Gasteiger partial charge < -0.3 is 14.8 Å². The lowest BCUT2D eigenvalue weighted by atomic mass is 9.85. The fourth-order valence-corrected chi connectivity index (χ4v) is 4.73. The van der Waals surface area contributed by atoms with E-state index < -0.39 is 0 Å². The smallest absolute Gasteiger partial charge is 0.217 e. The number of nitrogens with one attached hydrogen (secondary N) is 1. The monoisotopic (exact) mass is 329 g/mol. The Morgan fingerprint density at radius 1 is 1.29 bits per heavy atom. The number of benzene rings is 1. The number of ether oxygens (including phenoxy) is 2. The highest BCUT2D eigenvalue weighted by Crippen LogP contribution is 2.44. The maximum atomic E-state index is 11.6. The Balaban J connectivity index is 1.57. The fourth-order valence-electron chi connectivity index (χ4n) is 4.73. The van der Waals surface area contributed by atoms with Crippen LogP contribution in [0.15, 0.2) is 18.2 Å². The van der Waals surface area contributed by atoms with Crippen molar-refractivity contribution < 1.29 is 14.3 Å². The summed E-state index contributed by atoms with van der Waals surface area (Å²) >= 11 is 0. The van der Waals surface area contributed by atoms with E-state index in [0.29, 0.717) is 5.92 Å². The standard InChI is InChI=1S/C20H27NO3/c1-12(22)21-16-10-19(23-18-6-4-5-15(16)18)13-7-8-17-14(9-13)11-20(2,3)24-17/h7-9,15-16,18-19H,4-6,10-11H2,1-3H3,(H,21,22)/t15-,16+,18+,19+/m0/s1. The van der Waals surface area contributed by atoms with E-state index in [9.17, 15) is 4.79 Å². The molecule has 4 rings (SSSR count). The summed E-state index contributed by atoms with van der Waals surface area (Å²) in [5.74, 6) is 1.54. The van der Waals surface area contributed by atoms with Gasteiger partial charge in [0.05, 0.1) is 12.2 Å². The van der Waals surface area contributed by atoms with Crippen molar-refractivity contribution in [2.75, 3.05) is 0 Å². The summed E-state index contributed by atoms with van der Waals surface area (Å²) in [6.45, 7) is 5.86. The predicted octanol–water partition coefficient (Wildman–Crippen LogP) is 3.53. The Labute approximate surface area is 143 Å². The van der Waals surface area contributed by atoms with E-state index in [-0.39, 0.29) is 29.8 Å². The van der Waals surface area contributed by atoms with Crippen LogP contribution in [-0.4, -0.2) is 23.7 Å². The quantitative estimate of drug-likeness (QED) is 0.903. The van der Waals surface area contributed by atoms with Crippen LogP contribution >= 0.6 is 0 Å². The van der Waals surface area contributed by atoms with Crippen molar-refractivity contribution in [1.29, 1.82) is 0 Å². The molecule has 1 aliphatic carbocycles. The van der Waals surface area contributed by atoms with Gasteiger partial charge in [0, 0.05) is 25.3 Å². The van der Waals surface area contributed by atoms with Crippen LogP contribution in [-0.2, 0) is 16.0 Å². The SMILES string of the molecule is CC(=O)N[C@@H]1C[C@H](c2ccc3c(c2)CC(C)(C)O3)O[C@@H]2CCC[C@@H]12. The summed E-state index contributed by atoms with van der Waals surface area (Å²) in [6.07, 6.45) is 5.61. The van der Waals surface area contributed by atoms with Gasteiger partial charge in [-0.3, -0.25) is 4.79 Å². The highest BCUT2D eigenvalue weighted by molar-refractivity contribution is 5.73. The van der Waals surface area contributed by atoms with Crippen molar-refractivity contribution in [3.05, 3.63) is 29.3 Å². The fraction of sp³-hybridized carbons (Fsp3) is 0.650. The molecule has 0 spiro atoms. The third-order valence-electron chi connectivity index (χ3n) is 5.67. The molecule has 0 aromatic heterocycles. The zero-order valence-electron chi connectivity index (χ0n) is 14.8. The molecular weight excluding hydrogens is 302 g/mol. The predicted molar refractivity (Wildman–Crippen MR) is 92.0 cm³/mol. The Hall–Kier alpha value is -1.55. The maximum Gasteiger partial charge on any atom is 0.217 e. The van der Waals surface area contributed by atoms with Crippen molar-refractivity contribution in [2.45, 2.75) is 76.7 Å². The second kappa shape index (κ2) is 5.76. The minimum atomic E-state index is -0.121. The van der Waals surface area contributed by atoms with E-state index in [1.807, 2.05) is 0 Å². The van der Waals surface area contributed by atoms with Crippen molar-refractivity contribution >= 4 is 5.91 Å². The summed E-state index contributed by atoms with van der Waals surface area (Å²) in [4.78, 5) is 11.6. The first-order chi connectivity index (χ1) is 11.4. The minimum absolute atomic E-state index is 0.0650. The Morgan fingerprint density at radius 2 is 2.12 bits per heavy atom. The van der Waals surface area contributed by atoms with Gasteiger partial charge in [0.1, 0.15) is 11.4 Å². The third kappa shape index (κ3) is 2.92. The van der Waals surface area contributed by atoms with Crippen molar-refractivity contribution in [3.63, 3.8) is 0 Å². The summed E-state index contributed by atoms with van der Waals surface area (Å²) in [5, 5.41) is 3.17. The number of carbonyl (C=O) groups is 1. The van der Waals surface area contributed by atoms with Crippen LogP contribution in [0, 0.1) is 5.92 Å². The van der Waals surface area contributed by atoms with Gasteiger partial charge in [-0.1, -0.05) is 12.5 Å². The van der Waals surface area contributed by atoms with Gasteiger partial charge in [0.2, 0.25) is 5.91 Å². The molecule has 4 nitrogen and oxygen atoms in total. The largest absolute Gasteiger partial charge is 0.487 e. The first kappa shape index (κ1) is 15.9. The Bertz CT molecular complexity index is 654. The van der Waals surface area contributed by atoms with Crippen LogP contribution in [0.5, 0.6) is 5.75 Å². The second-order valence-electron chi connectivity index (χ2n) is 8.21. The lowest BCUT2D eigenvalue weighted by Crippen LogP contribution is -2.47. The molecule has 1 aromatic carbocycles. The van der Waals surface area contributed by atoms with Gasteiger partial charge in [0.25, 0.3) is 0 Å². The molecule has 0 bridgehead atoms. The van der Waals surface area contributed by atoms with Crippen LogP contribution in [0.25, 0.3) is 0 Å². The lowest BCUT2D eigenvalue weighted by Gasteiger charge is -2.39. The molecule has 1 saturated heterocycles. The number of hydrogen-bond donors (Lipinski definition) is 1. The molecule has 0 radical (unpaired) electrons. The summed E-state index contributed by atoms with van der Waals surface area (Å²) in [6, 6.07) is 6.69. The normalized spacial score (nSPS) is 33.5. The van der Waals surface area contributed by atoms with Gasteiger partial charge in [0.15, 0.2) is 0 Å². The first-order valence-electron chi connectivity index (χ1n) is 9.16. The van der Waals surface area contributed by atoms with Crippen molar-refractivity contribution in [3.8, 4) is 5.75 Å². The van der Waals surface area contributed by atoms with E-state index in [4.69, 9.17) is 9.47 Å². The molecule has 3 aliphatic rings. The lowest BCUT2D eigenvalue weighted by molar-refractivity contribution is -0.124. The van der Waals surface area contributed by atoms with E-state index in [1.54, 1.807) is 6.92 Å². The average Bonchev–Trinajstić information content (AvgIpc) is 3.07. The van der Waals surface area contributed by atoms with Crippen LogP contribution in [0.3, 0.4) is 0 Å². The number of hydrogen-bond acceptors (Lipinski definition) is 3. The molecule has 4 atom stereocenters. The first-order valence-corrected chi connectivity index (χ1v) is 9.16. The average molecular weight is 329 g/mol. The molecule has 2 fully saturated rings. The molecule has 2 aliphatic heterocycles. The highest BCUT2D eigenvalue weighted by atomic mass is 16.5. The van der Waals surface area contributed by atoms with Gasteiger partial charge >= 0.3 is 0 Å². The van der Waals surface area contributed by atoms with Gasteiger partial charge in [-0.2, -0.15) is 0 Å². The number of rotatable bonds is 2. The zero-order chi connectivity index (χ0) is 16.9. The van der Waals surface area contributed by atoms with Crippen LogP contribution < -0.4 is 10.1 Å². The molecule has 1 saturated carbocycles. The van der Waals surface area contributed by atoms with Crippen LogP contribution in [0.2, 0.25) is 0 Å². The number of amides is 1. The van der Waals surface area contributed by atoms with Gasteiger partial charge in [-0.25, -0.2) is 0 Å². The number of carbonyl (C=O) groups excluding carboxylic acids is 1. The second-order valence-corrected chi connectivity index (χ2v) is 8.21.